The maximum atomic E-state index is 12.6. The second kappa shape index (κ2) is 5.99. The van der Waals surface area contributed by atoms with E-state index in [-0.39, 0.29) is 23.4 Å². The van der Waals surface area contributed by atoms with E-state index < -0.39 is 6.03 Å². The molecule has 1 aliphatic heterocycles. The number of carbonyl (C=O) groups excluding carboxylic acids is 2. The molecule has 2 fully saturated rings. The number of carbonyl (C=O) groups is 2. The van der Waals surface area contributed by atoms with E-state index in [1.54, 1.807) is 0 Å². The molecule has 1 heterocycles. The monoisotopic (exact) mass is 282 g/mol. The van der Waals surface area contributed by atoms with Gasteiger partial charge in [-0.1, -0.05) is 12.8 Å². The number of nitrogens with one attached hydrogen (secondary N) is 1. The predicted molar refractivity (Wildman–Crippen MR) is 76.9 cm³/mol. The van der Waals surface area contributed by atoms with Crippen LogP contribution in [0.3, 0.4) is 0 Å². The molecule has 2 rings (SSSR count). The maximum absolute atomic E-state index is 12.6. The molecule has 5 N–H and O–H groups in total. The summed E-state index contributed by atoms with van der Waals surface area (Å²) in [5, 5.41) is 2.71. The van der Waals surface area contributed by atoms with Gasteiger partial charge in [-0.25, -0.2) is 4.79 Å². The highest BCUT2D eigenvalue weighted by atomic mass is 16.2. The lowest BCUT2D eigenvalue weighted by atomic mass is 9.74. The molecule has 3 amide bonds. The van der Waals surface area contributed by atoms with Crippen LogP contribution in [0.25, 0.3) is 0 Å². The minimum Gasteiger partial charge on any atom is -0.352 e. The van der Waals surface area contributed by atoms with E-state index in [1.165, 1.54) is 0 Å². The van der Waals surface area contributed by atoms with Crippen molar-refractivity contribution in [1.82, 2.24) is 10.2 Å². The zero-order chi connectivity index (χ0) is 14.8. The van der Waals surface area contributed by atoms with Crippen LogP contribution in [0.15, 0.2) is 0 Å². The summed E-state index contributed by atoms with van der Waals surface area (Å²) in [4.78, 5) is 25.4. The number of piperidine rings is 1. The van der Waals surface area contributed by atoms with E-state index in [0.717, 1.165) is 38.5 Å². The molecule has 1 aliphatic carbocycles. The van der Waals surface area contributed by atoms with Gasteiger partial charge in [0.05, 0.1) is 5.92 Å². The van der Waals surface area contributed by atoms with Crippen LogP contribution in [0.5, 0.6) is 0 Å². The van der Waals surface area contributed by atoms with E-state index in [1.807, 2.05) is 11.8 Å². The average molecular weight is 282 g/mol. The van der Waals surface area contributed by atoms with Crippen molar-refractivity contribution in [3.63, 3.8) is 0 Å². The summed E-state index contributed by atoms with van der Waals surface area (Å²) in [5.74, 6) is 0.129. The van der Waals surface area contributed by atoms with E-state index in [9.17, 15) is 9.59 Å². The smallest absolute Gasteiger partial charge is 0.312 e. The molecular weight excluding hydrogens is 256 g/mol. The van der Waals surface area contributed by atoms with Crippen LogP contribution >= 0.6 is 0 Å². The van der Waals surface area contributed by atoms with Crippen molar-refractivity contribution in [3.05, 3.63) is 0 Å². The lowest BCUT2D eigenvalue weighted by Gasteiger charge is -2.41. The van der Waals surface area contributed by atoms with Crippen molar-refractivity contribution in [3.8, 4) is 0 Å². The quantitative estimate of drug-likeness (QED) is 0.689. The van der Waals surface area contributed by atoms with Crippen LogP contribution in [0.1, 0.15) is 45.4 Å². The zero-order valence-corrected chi connectivity index (χ0v) is 12.2. The van der Waals surface area contributed by atoms with Crippen molar-refractivity contribution < 1.29 is 9.59 Å². The molecular formula is C14H26N4O2. The third-order valence-corrected chi connectivity index (χ3v) is 4.71. The fraction of sp³-hybridized carbons (Fsp3) is 0.857. The second-order valence-electron chi connectivity index (χ2n) is 6.41. The Hall–Kier alpha value is -1.30. The van der Waals surface area contributed by atoms with Crippen LogP contribution < -0.4 is 16.8 Å². The van der Waals surface area contributed by atoms with E-state index >= 15 is 0 Å². The number of hydrogen-bond donors (Lipinski definition) is 3. The fourth-order valence-electron chi connectivity index (χ4n) is 3.43. The van der Waals surface area contributed by atoms with Crippen LogP contribution in [-0.2, 0) is 4.79 Å². The molecule has 1 saturated heterocycles. The molecule has 0 aromatic carbocycles. The first kappa shape index (κ1) is 15.1. The van der Waals surface area contributed by atoms with Crippen molar-refractivity contribution in [2.75, 3.05) is 13.1 Å². The third-order valence-electron chi connectivity index (χ3n) is 4.71. The van der Waals surface area contributed by atoms with Crippen molar-refractivity contribution >= 4 is 11.9 Å². The summed E-state index contributed by atoms with van der Waals surface area (Å²) in [6.07, 6.45) is 5.55. The minimum absolute atomic E-state index is 0.0584. The largest absolute Gasteiger partial charge is 0.352 e. The number of nitrogens with two attached hydrogens (primary N) is 2. The topological polar surface area (TPSA) is 101 Å². The summed E-state index contributed by atoms with van der Waals surface area (Å²) in [5.41, 5.74) is 11.0. The lowest BCUT2D eigenvalue weighted by molar-refractivity contribution is -0.140. The van der Waals surface area contributed by atoms with Crippen molar-refractivity contribution in [2.45, 2.75) is 57.0 Å². The fourth-order valence-corrected chi connectivity index (χ4v) is 3.43. The Kier molecular flexibility index (Phi) is 4.52. The lowest BCUT2D eigenvalue weighted by Crippen LogP contribution is -2.56. The number of nitrogens with zero attached hydrogens (tertiary/aromatic N) is 1. The highest BCUT2D eigenvalue weighted by Crippen LogP contribution is 2.33. The Balaban J connectivity index is 1.89. The van der Waals surface area contributed by atoms with Gasteiger partial charge in [0.1, 0.15) is 0 Å². The number of hydrogen-bond acceptors (Lipinski definition) is 3. The molecule has 0 aromatic rings. The highest BCUT2D eigenvalue weighted by molar-refractivity contribution is 5.80. The summed E-state index contributed by atoms with van der Waals surface area (Å²) in [6, 6.07) is -0.399. The van der Waals surface area contributed by atoms with E-state index in [0.29, 0.717) is 13.1 Å². The van der Waals surface area contributed by atoms with Crippen LogP contribution in [0, 0.1) is 5.92 Å². The van der Waals surface area contributed by atoms with Crippen LogP contribution in [0.2, 0.25) is 0 Å². The van der Waals surface area contributed by atoms with Gasteiger partial charge in [0, 0.05) is 24.7 Å². The van der Waals surface area contributed by atoms with Gasteiger partial charge in [-0.15, -0.1) is 0 Å². The Morgan fingerprint density at radius 3 is 2.40 bits per heavy atom. The van der Waals surface area contributed by atoms with Gasteiger partial charge >= 0.3 is 6.03 Å². The molecule has 0 bridgehead atoms. The molecule has 114 valence electrons. The summed E-state index contributed by atoms with van der Waals surface area (Å²) in [7, 11) is 0. The van der Waals surface area contributed by atoms with E-state index in [2.05, 4.69) is 5.32 Å². The Morgan fingerprint density at radius 1 is 1.20 bits per heavy atom. The number of primary amides is 1. The van der Waals surface area contributed by atoms with Gasteiger partial charge in [-0.2, -0.15) is 0 Å². The van der Waals surface area contributed by atoms with Gasteiger partial charge in [0.2, 0.25) is 5.91 Å². The molecule has 0 radical (unpaired) electrons. The zero-order valence-electron chi connectivity index (χ0n) is 12.2. The molecule has 2 aliphatic rings. The normalized spacial score (nSPS) is 31.9. The first-order valence-electron chi connectivity index (χ1n) is 7.54. The maximum Gasteiger partial charge on any atom is 0.312 e. The summed E-state index contributed by atoms with van der Waals surface area (Å²) in [6.45, 7) is 3.35. The van der Waals surface area contributed by atoms with E-state index in [4.69, 9.17) is 11.5 Å². The van der Waals surface area contributed by atoms with Crippen LogP contribution in [-0.4, -0.2) is 41.5 Å². The Morgan fingerprint density at radius 2 is 1.85 bits per heavy atom. The highest BCUT2D eigenvalue weighted by Gasteiger charge is 2.40. The van der Waals surface area contributed by atoms with Crippen molar-refractivity contribution in [1.29, 1.82) is 0 Å². The first-order valence-corrected chi connectivity index (χ1v) is 7.54. The number of rotatable bonds is 2. The first-order chi connectivity index (χ1) is 9.40. The van der Waals surface area contributed by atoms with Gasteiger partial charge in [-0.3, -0.25) is 4.79 Å². The number of urea groups is 1. The third kappa shape index (κ3) is 3.42. The molecule has 2 unspecified atom stereocenters. The minimum atomic E-state index is -0.489. The number of likely N-dealkylation sites (tertiary alicyclic amines) is 1. The summed E-state index contributed by atoms with van der Waals surface area (Å²) >= 11 is 0. The Bertz CT molecular complexity index is 375. The molecule has 6 nitrogen and oxygen atoms in total. The summed E-state index contributed by atoms with van der Waals surface area (Å²) < 4.78 is 0. The molecule has 0 spiro atoms. The predicted octanol–water partition coefficient (Wildman–Crippen LogP) is 0.553. The second-order valence-corrected chi connectivity index (χ2v) is 6.41. The SMILES string of the molecule is CC1(N)CCCCC1C(=O)N1CCC(NC(N)=O)CC1. The molecule has 2 atom stereocenters. The molecule has 1 saturated carbocycles. The molecule has 6 heteroatoms. The number of amides is 3. The van der Waals surface area contributed by atoms with Gasteiger partial charge < -0.3 is 21.7 Å². The van der Waals surface area contributed by atoms with Gasteiger partial charge in [-0.05, 0) is 32.6 Å². The van der Waals surface area contributed by atoms with Gasteiger partial charge in [0.25, 0.3) is 0 Å². The standard InChI is InChI=1S/C14H26N4O2/c1-14(16)7-3-2-4-11(14)12(19)18-8-5-10(6-9-18)17-13(15)20/h10-11H,2-9,16H2,1H3,(H3,15,17,20). The molecule has 0 aromatic heterocycles. The van der Waals surface area contributed by atoms with Crippen molar-refractivity contribution in [2.24, 2.45) is 17.4 Å². The molecule has 20 heavy (non-hydrogen) atoms. The average Bonchev–Trinajstić information content (AvgIpc) is 2.37. The Labute approximate surface area is 120 Å². The van der Waals surface area contributed by atoms with Crippen LogP contribution in [0.4, 0.5) is 4.79 Å². The van der Waals surface area contributed by atoms with Gasteiger partial charge in [0.15, 0.2) is 0 Å².